The zero-order valence-corrected chi connectivity index (χ0v) is 9.86. The van der Waals surface area contributed by atoms with E-state index >= 15 is 0 Å². The molecule has 0 aromatic heterocycles. The lowest BCUT2D eigenvalue weighted by atomic mass is 9.88. The molecule has 1 aliphatic heterocycles. The Morgan fingerprint density at radius 3 is 2.71 bits per heavy atom. The summed E-state index contributed by atoms with van der Waals surface area (Å²) in [5.41, 5.74) is 3.55. The summed E-state index contributed by atoms with van der Waals surface area (Å²) in [6.45, 7) is 1.56. The highest BCUT2D eigenvalue weighted by atomic mass is 19.1. The Morgan fingerprint density at radius 1 is 1.35 bits per heavy atom. The van der Waals surface area contributed by atoms with Crippen LogP contribution in [-0.4, -0.2) is 19.3 Å². The van der Waals surface area contributed by atoms with E-state index in [1.807, 2.05) is 12.1 Å². The highest BCUT2D eigenvalue weighted by molar-refractivity contribution is 5.18. The highest BCUT2D eigenvalue weighted by Crippen LogP contribution is 2.22. The summed E-state index contributed by atoms with van der Waals surface area (Å²) in [7, 11) is 0. The van der Waals surface area contributed by atoms with Gasteiger partial charge in [-0.05, 0) is 36.8 Å². The second-order valence-corrected chi connectivity index (χ2v) is 4.52. The maximum atomic E-state index is 13.6. The first kappa shape index (κ1) is 12.5. The van der Waals surface area contributed by atoms with Crippen LogP contribution in [0.1, 0.15) is 18.4 Å². The van der Waals surface area contributed by atoms with Crippen molar-refractivity contribution in [2.75, 3.05) is 13.2 Å². The van der Waals surface area contributed by atoms with Gasteiger partial charge in [-0.25, -0.2) is 4.39 Å². The molecule has 94 valence electrons. The monoisotopic (exact) mass is 238 g/mol. The third kappa shape index (κ3) is 3.25. The van der Waals surface area contributed by atoms with E-state index in [1.54, 1.807) is 6.07 Å². The molecule has 3 N–H and O–H groups in total. The van der Waals surface area contributed by atoms with E-state index < -0.39 is 0 Å². The van der Waals surface area contributed by atoms with Gasteiger partial charge in [0.1, 0.15) is 5.82 Å². The first-order valence-electron chi connectivity index (χ1n) is 6.08. The Bertz CT molecular complexity index is 353. The molecule has 0 aliphatic carbocycles. The molecule has 1 atom stereocenters. The molecule has 0 saturated carbocycles. The minimum Gasteiger partial charge on any atom is -0.381 e. The minimum atomic E-state index is -0.153. The van der Waals surface area contributed by atoms with Gasteiger partial charge in [0.15, 0.2) is 0 Å². The molecule has 0 bridgehead atoms. The van der Waals surface area contributed by atoms with Gasteiger partial charge in [0.25, 0.3) is 0 Å². The fraction of sp³-hybridized carbons (Fsp3) is 0.538. The second kappa shape index (κ2) is 6.10. The Kier molecular flexibility index (Phi) is 4.48. The zero-order valence-electron chi connectivity index (χ0n) is 9.86. The first-order valence-corrected chi connectivity index (χ1v) is 6.08. The fourth-order valence-corrected chi connectivity index (χ4v) is 2.38. The van der Waals surface area contributed by atoms with Gasteiger partial charge in [0, 0.05) is 19.3 Å². The van der Waals surface area contributed by atoms with E-state index in [0.29, 0.717) is 12.3 Å². The van der Waals surface area contributed by atoms with Crippen molar-refractivity contribution in [2.45, 2.75) is 25.3 Å². The summed E-state index contributed by atoms with van der Waals surface area (Å²) in [5, 5.41) is 0. The Hall–Kier alpha value is -0.970. The van der Waals surface area contributed by atoms with Gasteiger partial charge in [0.05, 0.1) is 0 Å². The van der Waals surface area contributed by atoms with Crippen LogP contribution in [0.4, 0.5) is 4.39 Å². The van der Waals surface area contributed by atoms with E-state index in [4.69, 9.17) is 10.6 Å². The van der Waals surface area contributed by atoms with Crippen molar-refractivity contribution in [3.63, 3.8) is 0 Å². The largest absolute Gasteiger partial charge is 0.381 e. The molecule has 1 heterocycles. The number of nitrogens with one attached hydrogen (secondary N) is 1. The topological polar surface area (TPSA) is 47.3 Å². The molecule has 4 heteroatoms. The van der Waals surface area contributed by atoms with Crippen LogP contribution in [0, 0.1) is 11.7 Å². The van der Waals surface area contributed by atoms with Crippen molar-refractivity contribution in [1.82, 2.24) is 5.43 Å². The first-order chi connectivity index (χ1) is 8.31. The second-order valence-electron chi connectivity index (χ2n) is 4.52. The van der Waals surface area contributed by atoms with Gasteiger partial charge in [-0.3, -0.25) is 11.3 Å². The maximum Gasteiger partial charge on any atom is 0.126 e. The van der Waals surface area contributed by atoms with Gasteiger partial charge in [-0.2, -0.15) is 0 Å². The van der Waals surface area contributed by atoms with Crippen LogP contribution in [0.2, 0.25) is 0 Å². The van der Waals surface area contributed by atoms with Gasteiger partial charge in [-0.15, -0.1) is 0 Å². The van der Waals surface area contributed by atoms with E-state index in [9.17, 15) is 4.39 Å². The molecule has 2 rings (SSSR count). The summed E-state index contributed by atoms with van der Waals surface area (Å²) in [6, 6.07) is 7.00. The normalized spacial score (nSPS) is 19.2. The lowest BCUT2D eigenvalue weighted by Gasteiger charge is -2.30. The maximum absolute atomic E-state index is 13.6. The summed E-state index contributed by atoms with van der Waals surface area (Å²) < 4.78 is 18.9. The van der Waals surface area contributed by atoms with E-state index in [1.165, 1.54) is 6.07 Å². The Morgan fingerprint density at radius 2 is 2.06 bits per heavy atom. The number of halogens is 1. The van der Waals surface area contributed by atoms with Gasteiger partial charge >= 0.3 is 0 Å². The van der Waals surface area contributed by atoms with Crippen LogP contribution in [0.5, 0.6) is 0 Å². The SMILES string of the molecule is NNC(Cc1ccccc1F)C1CCOCC1. The van der Waals surface area contributed by atoms with Crippen LogP contribution >= 0.6 is 0 Å². The van der Waals surface area contributed by atoms with Crippen molar-refractivity contribution in [1.29, 1.82) is 0 Å². The standard InChI is InChI=1S/C13H19FN2O/c14-12-4-2-1-3-11(12)9-13(16-15)10-5-7-17-8-6-10/h1-4,10,13,16H,5-9,15H2. The molecule has 1 aromatic carbocycles. The van der Waals surface area contributed by atoms with Crippen LogP contribution in [0.25, 0.3) is 0 Å². The summed E-state index contributed by atoms with van der Waals surface area (Å²) in [5.74, 6) is 5.90. The Labute approximate surface area is 101 Å². The smallest absolute Gasteiger partial charge is 0.126 e. The Balaban J connectivity index is 2.01. The van der Waals surface area contributed by atoms with Crippen LogP contribution < -0.4 is 11.3 Å². The zero-order chi connectivity index (χ0) is 12.1. The van der Waals surface area contributed by atoms with E-state index in [2.05, 4.69) is 5.43 Å². The third-order valence-electron chi connectivity index (χ3n) is 3.45. The lowest BCUT2D eigenvalue weighted by molar-refractivity contribution is 0.0537. The van der Waals surface area contributed by atoms with E-state index in [-0.39, 0.29) is 11.9 Å². The van der Waals surface area contributed by atoms with Crippen molar-refractivity contribution in [3.05, 3.63) is 35.6 Å². The summed E-state index contributed by atoms with van der Waals surface area (Å²) >= 11 is 0. The molecular formula is C13H19FN2O. The molecule has 1 unspecified atom stereocenters. The average molecular weight is 238 g/mol. The predicted octanol–water partition coefficient (Wildman–Crippen LogP) is 1.63. The number of rotatable bonds is 4. The molecule has 1 aliphatic rings. The molecule has 1 aromatic rings. The van der Waals surface area contributed by atoms with E-state index in [0.717, 1.165) is 31.6 Å². The van der Waals surface area contributed by atoms with Crippen molar-refractivity contribution < 1.29 is 9.13 Å². The van der Waals surface area contributed by atoms with Crippen molar-refractivity contribution in [3.8, 4) is 0 Å². The highest BCUT2D eigenvalue weighted by Gasteiger charge is 2.23. The molecular weight excluding hydrogens is 219 g/mol. The molecule has 3 nitrogen and oxygen atoms in total. The quantitative estimate of drug-likeness (QED) is 0.619. The van der Waals surface area contributed by atoms with Crippen LogP contribution in [0.3, 0.4) is 0 Å². The molecule has 0 amide bonds. The minimum absolute atomic E-state index is 0.121. The third-order valence-corrected chi connectivity index (χ3v) is 3.45. The number of nitrogens with two attached hydrogens (primary N) is 1. The summed E-state index contributed by atoms with van der Waals surface area (Å²) in [6.07, 6.45) is 2.61. The van der Waals surface area contributed by atoms with Gasteiger partial charge in [-0.1, -0.05) is 18.2 Å². The van der Waals surface area contributed by atoms with Crippen LogP contribution in [-0.2, 0) is 11.2 Å². The lowest BCUT2D eigenvalue weighted by Crippen LogP contribution is -2.44. The number of benzene rings is 1. The summed E-state index contributed by atoms with van der Waals surface area (Å²) in [4.78, 5) is 0. The van der Waals surface area contributed by atoms with Gasteiger partial charge < -0.3 is 4.74 Å². The number of ether oxygens (including phenoxy) is 1. The average Bonchev–Trinajstić information content (AvgIpc) is 2.39. The van der Waals surface area contributed by atoms with Gasteiger partial charge in [0.2, 0.25) is 0 Å². The van der Waals surface area contributed by atoms with Crippen LogP contribution in [0.15, 0.2) is 24.3 Å². The number of hydrogen-bond donors (Lipinski definition) is 2. The van der Waals surface area contributed by atoms with Crippen molar-refractivity contribution >= 4 is 0 Å². The fourth-order valence-electron chi connectivity index (χ4n) is 2.38. The molecule has 0 radical (unpaired) electrons. The molecule has 17 heavy (non-hydrogen) atoms. The predicted molar refractivity (Wildman–Crippen MR) is 64.8 cm³/mol. The molecule has 1 fully saturated rings. The van der Waals surface area contributed by atoms with Crippen molar-refractivity contribution in [2.24, 2.45) is 11.8 Å². The molecule has 1 saturated heterocycles. The molecule has 0 spiro atoms. The number of hydrazine groups is 1. The number of hydrogen-bond acceptors (Lipinski definition) is 3.